The number of carboxylic acid groups (broad SMARTS) is 1. The molecule has 1 aromatic carbocycles. The summed E-state index contributed by atoms with van der Waals surface area (Å²) in [5.74, 6) is -3.32. The molecule has 0 aliphatic heterocycles. The third-order valence-corrected chi connectivity index (χ3v) is 2.39. The van der Waals surface area contributed by atoms with Crippen LogP contribution in [0.4, 0.5) is 4.39 Å². The van der Waals surface area contributed by atoms with Crippen LogP contribution >= 0.6 is 0 Å². The number of carbonyl (C=O) groups is 2. The molecule has 0 heterocycles. The maximum absolute atomic E-state index is 13.1. The number of rotatable bonds is 5. The zero-order valence-electron chi connectivity index (χ0n) is 10.0. The molecule has 0 saturated carbocycles. The lowest BCUT2D eigenvalue weighted by Crippen LogP contribution is -2.30. The van der Waals surface area contributed by atoms with E-state index in [2.05, 4.69) is 4.74 Å². The molecule has 0 spiro atoms. The third kappa shape index (κ3) is 3.49. The number of ether oxygens (including phenoxy) is 1. The van der Waals surface area contributed by atoms with Gasteiger partial charge in [-0.3, -0.25) is 0 Å². The Morgan fingerprint density at radius 2 is 2.00 bits per heavy atom. The topological polar surface area (TPSA) is 104 Å². The Balaban J connectivity index is 3.10. The lowest BCUT2D eigenvalue weighted by Gasteiger charge is -2.18. The molecule has 0 radical (unpaired) electrons. The smallest absolute Gasteiger partial charge is 0.338 e. The van der Waals surface area contributed by atoms with Crippen molar-refractivity contribution in [2.75, 3.05) is 6.61 Å². The summed E-state index contributed by atoms with van der Waals surface area (Å²) in [5.41, 5.74) is -0.801. The summed E-state index contributed by atoms with van der Waals surface area (Å²) in [6, 6.07) is 2.58. The largest absolute Gasteiger partial charge is 0.478 e. The van der Waals surface area contributed by atoms with Crippen LogP contribution in [0.1, 0.15) is 28.9 Å². The van der Waals surface area contributed by atoms with Crippen molar-refractivity contribution in [1.29, 1.82) is 0 Å². The summed E-state index contributed by atoms with van der Waals surface area (Å²) in [5, 5.41) is 28.2. The highest BCUT2D eigenvalue weighted by atomic mass is 19.1. The number of esters is 1. The van der Waals surface area contributed by atoms with Crippen molar-refractivity contribution in [3.63, 3.8) is 0 Å². The van der Waals surface area contributed by atoms with Crippen LogP contribution < -0.4 is 0 Å². The number of hydrogen-bond donors (Lipinski definition) is 3. The Morgan fingerprint density at radius 1 is 1.37 bits per heavy atom. The minimum atomic E-state index is -1.99. The first-order valence-corrected chi connectivity index (χ1v) is 5.44. The van der Waals surface area contributed by atoms with E-state index >= 15 is 0 Å². The second-order valence-corrected chi connectivity index (χ2v) is 3.68. The van der Waals surface area contributed by atoms with Crippen molar-refractivity contribution in [2.24, 2.45) is 0 Å². The van der Waals surface area contributed by atoms with E-state index in [1.54, 1.807) is 0 Å². The van der Waals surface area contributed by atoms with Crippen molar-refractivity contribution in [2.45, 2.75) is 19.1 Å². The lowest BCUT2D eigenvalue weighted by atomic mass is 9.98. The summed E-state index contributed by atoms with van der Waals surface area (Å²) in [6.07, 6.45) is -3.87. The van der Waals surface area contributed by atoms with Gasteiger partial charge < -0.3 is 20.1 Å². The Bertz CT molecular complexity index is 487. The molecule has 0 fully saturated rings. The molecule has 7 heteroatoms. The molecule has 0 amide bonds. The molecule has 0 bridgehead atoms. The molecule has 1 aromatic rings. The molecule has 0 aromatic heterocycles. The number of aliphatic hydroxyl groups is 2. The zero-order chi connectivity index (χ0) is 14.6. The second kappa shape index (κ2) is 6.26. The van der Waals surface area contributed by atoms with Gasteiger partial charge >= 0.3 is 11.9 Å². The Kier molecular flexibility index (Phi) is 4.96. The molecule has 19 heavy (non-hydrogen) atoms. The Hall–Kier alpha value is -1.99. The van der Waals surface area contributed by atoms with E-state index in [0.29, 0.717) is 0 Å². The van der Waals surface area contributed by atoms with E-state index in [4.69, 9.17) is 5.11 Å². The van der Waals surface area contributed by atoms with E-state index in [1.165, 1.54) is 6.92 Å². The number of hydrogen-bond acceptors (Lipinski definition) is 5. The first-order chi connectivity index (χ1) is 8.88. The van der Waals surface area contributed by atoms with Gasteiger partial charge in [0, 0.05) is 5.56 Å². The van der Waals surface area contributed by atoms with Crippen molar-refractivity contribution >= 4 is 11.9 Å². The third-order valence-electron chi connectivity index (χ3n) is 2.39. The van der Waals surface area contributed by atoms with Crippen LogP contribution in [0, 0.1) is 5.82 Å². The van der Waals surface area contributed by atoms with Gasteiger partial charge in [0.05, 0.1) is 12.2 Å². The SMILES string of the molecule is CCOC(=O)C(O)C(O)c1cc(F)ccc1C(=O)O. The van der Waals surface area contributed by atoms with Crippen molar-refractivity contribution in [3.05, 3.63) is 35.1 Å². The highest BCUT2D eigenvalue weighted by Crippen LogP contribution is 2.23. The molecule has 0 aliphatic rings. The van der Waals surface area contributed by atoms with Crippen LogP contribution in [0.2, 0.25) is 0 Å². The normalized spacial score (nSPS) is 13.7. The van der Waals surface area contributed by atoms with Crippen molar-refractivity contribution < 1.29 is 34.0 Å². The maximum atomic E-state index is 13.1. The average Bonchev–Trinajstić information content (AvgIpc) is 2.36. The average molecular weight is 272 g/mol. The monoisotopic (exact) mass is 272 g/mol. The number of aromatic carboxylic acids is 1. The highest BCUT2D eigenvalue weighted by molar-refractivity contribution is 5.90. The fourth-order valence-electron chi connectivity index (χ4n) is 1.50. The molecule has 2 unspecified atom stereocenters. The predicted octanol–water partition coefficient (Wildman–Crippen LogP) is 0.481. The van der Waals surface area contributed by atoms with Crippen LogP contribution in [0.15, 0.2) is 18.2 Å². The number of aliphatic hydroxyl groups excluding tert-OH is 2. The van der Waals surface area contributed by atoms with Crippen LogP contribution in [-0.4, -0.2) is 40.0 Å². The van der Waals surface area contributed by atoms with Gasteiger partial charge in [-0.05, 0) is 25.1 Å². The summed E-state index contributed by atoms with van der Waals surface area (Å²) < 4.78 is 17.6. The number of carboxylic acids is 1. The molecular formula is C12H13FO6. The fraction of sp³-hybridized carbons (Fsp3) is 0.333. The van der Waals surface area contributed by atoms with Crippen LogP contribution in [0.5, 0.6) is 0 Å². The van der Waals surface area contributed by atoms with E-state index < -0.39 is 41.1 Å². The van der Waals surface area contributed by atoms with Crippen LogP contribution in [0.25, 0.3) is 0 Å². The van der Waals surface area contributed by atoms with Crippen LogP contribution in [-0.2, 0) is 9.53 Å². The summed E-state index contributed by atoms with van der Waals surface area (Å²) in [4.78, 5) is 22.2. The van der Waals surface area contributed by atoms with Gasteiger partial charge in [0.25, 0.3) is 0 Å². The molecule has 1 rings (SSSR count). The lowest BCUT2D eigenvalue weighted by molar-refractivity contribution is -0.159. The van der Waals surface area contributed by atoms with Gasteiger partial charge in [-0.1, -0.05) is 0 Å². The van der Waals surface area contributed by atoms with Gasteiger partial charge in [0.2, 0.25) is 0 Å². The van der Waals surface area contributed by atoms with E-state index in [0.717, 1.165) is 18.2 Å². The molecule has 0 aliphatic carbocycles. The molecule has 3 N–H and O–H groups in total. The van der Waals surface area contributed by atoms with E-state index in [9.17, 15) is 24.2 Å². The first kappa shape index (κ1) is 15.1. The van der Waals surface area contributed by atoms with Gasteiger partial charge in [-0.15, -0.1) is 0 Å². The number of halogens is 1. The molecular weight excluding hydrogens is 259 g/mol. The summed E-state index contributed by atoms with van der Waals surface area (Å²) in [6.45, 7) is 1.49. The molecule has 2 atom stereocenters. The second-order valence-electron chi connectivity index (χ2n) is 3.68. The molecule has 6 nitrogen and oxygen atoms in total. The fourth-order valence-corrected chi connectivity index (χ4v) is 1.50. The quantitative estimate of drug-likeness (QED) is 0.673. The summed E-state index contributed by atoms with van der Waals surface area (Å²) in [7, 11) is 0. The Labute approximate surface area is 108 Å². The van der Waals surface area contributed by atoms with Crippen molar-refractivity contribution in [3.8, 4) is 0 Å². The van der Waals surface area contributed by atoms with Gasteiger partial charge in [0.1, 0.15) is 11.9 Å². The van der Waals surface area contributed by atoms with Crippen molar-refractivity contribution in [1.82, 2.24) is 0 Å². The van der Waals surface area contributed by atoms with Crippen LogP contribution in [0.3, 0.4) is 0 Å². The van der Waals surface area contributed by atoms with Gasteiger partial charge in [0.15, 0.2) is 6.10 Å². The molecule has 0 saturated heterocycles. The predicted molar refractivity (Wildman–Crippen MR) is 61.0 cm³/mol. The first-order valence-electron chi connectivity index (χ1n) is 5.44. The van der Waals surface area contributed by atoms with E-state index in [1.807, 2.05) is 0 Å². The minimum Gasteiger partial charge on any atom is -0.478 e. The zero-order valence-corrected chi connectivity index (χ0v) is 10.0. The standard InChI is InChI=1S/C12H13FO6/c1-2-19-12(18)10(15)9(14)8-5-6(13)3-4-7(8)11(16)17/h3-5,9-10,14-15H,2H2,1H3,(H,16,17). The maximum Gasteiger partial charge on any atom is 0.338 e. The molecule has 104 valence electrons. The Morgan fingerprint density at radius 3 is 2.53 bits per heavy atom. The number of carbonyl (C=O) groups excluding carboxylic acids is 1. The summed E-state index contributed by atoms with van der Waals surface area (Å²) >= 11 is 0. The van der Waals surface area contributed by atoms with E-state index in [-0.39, 0.29) is 6.61 Å². The minimum absolute atomic E-state index is 0.0163. The highest BCUT2D eigenvalue weighted by Gasteiger charge is 2.30. The van der Waals surface area contributed by atoms with Gasteiger partial charge in [-0.25, -0.2) is 14.0 Å². The number of benzene rings is 1. The van der Waals surface area contributed by atoms with Gasteiger partial charge in [-0.2, -0.15) is 0 Å².